The van der Waals surface area contributed by atoms with E-state index >= 15 is 0 Å². The minimum atomic E-state index is -0.975. The van der Waals surface area contributed by atoms with Crippen LogP contribution in [-0.2, 0) is 15.3 Å². The Morgan fingerprint density at radius 1 is 1.41 bits per heavy atom. The first-order valence-corrected chi connectivity index (χ1v) is 5.29. The molecule has 92 valence electrons. The van der Waals surface area contributed by atoms with E-state index in [1.807, 2.05) is 0 Å². The third-order valence-corrected chi connectivity index (χ3v) is 2.74. The van der Waals surface area contributed by atoms with Crippen molar-refractivity contribution in [2.24, 2.45) is 0 Å². The topological polar surface area (TPSA) is 81.8 Å². The second kappa shape index (κ2) is 4.31. The van der Waals surface area contributed by atoms with Crippen LogP contribution in [0.15, 0.2) is 18.2 Å². The Morgan fingerprint density at radius 3 is 2.65 bits per heavy atom. The van der Waals surface area contributed by atoms with Crippen LogP contribution in [-0.4, -0.2) is 23.2 Å². The standard InChI is InChI=1S/C11H13NO5/c1-11(16-5-2-6-17-11)8-3-4-10(13)9(7-8)12(14)15/h3-4,7,13H,2,5-6H2,1H3. The van der Waals surface area contributed by atoms with Gasteiger partial charge in [0, 0.05) is 11.6 Å². The summed E-state index contributed by atoms with van der Waals surface area (Å²) in [5.41, 5.74) is 0.184. The average Bonchev–Trinajstić information content (AvgIpc) is 2.30. The highest BCUT2D eigenvalue weighted by atomic mass is 16.7. The molecule has 1 aromatic rings. The molecule has 1 heterocycles. The Kier molecular flexibility index (Phi) is 2.99. The highest BCUT2D eigenvalue weighted by molar-refractivity contribution is 5.48. The van der Waals surface area contributed by atoms with Crippen molar-refractivity contribution in [1.82, 2.24) is 0 Å². The molecule has 0 amide bonds. The summed E-state index contributed by atoms with van der Waals surface area (Å²) in [7, 11) is 0. The predicted octanol–water partition coefficient (Wildman–Crippen LogP) is 1.91. The van der Waals surface area contributed by atoms with E-state index in [4.69, 9.17) is 9.47 Å². The molecule has 0 unspecified atom stereocenters. The molecular weight excluding hydrogens is 226 g/mol. The van der Waals surface area contributed by atoms with E-state index in [1.165, 1.54) is 12.1 Å². The van der Waals surface area contributed by atoms with Gasteiger partial charge in [0.05, 0.1) is 18.1 Å². The van der Waals surface area contributed by atoms with E-state index in [-0.39, 0.29) is 11.4 Å². The van der Waals surface area contributed by atoms with E-state index in [0.717, 1.165) is 6.42 Å². The lowest BCUT2D eigenvalue weighted by Gasteiger charge is -2.34. The van der Waals surface area contributed by atoms with Crippen LogP contribution < -0.4 is 0 Å². The summed E-state index contributed by atoms with van der Waals surface area (Å²) >= 11 is 0. The van der Waals surface area contributed by atoms with Crippen LogP contribution in [0.4, 0.5) is 5.69 Å². The molecule has 1 N–H and O–H groups in total. The van der Waals surface area contributed by atoms with Gasteiger partial charge < -0.3 is 14.6 Å². The van der Waals surface area contributed by atoms with Gasteiger partial charge in [-0.1, -0.05) is 0 Å². The number of rotatable bonds is 2. The van der Waals surface area contributed by atoms with Crippen molar-refractivity contribution >= 4 is 5.69 Å². The molecule has 0 aliphatic carbocycles. The quantitative estimate of drug-likeness (QED) is 0.629. The van der Waals surface area contributed by atoms with Crippen LogP contribution in [0.25, 0.3) is 0 Å². The van der Waals surface area contributed by atoms with Gasteiger partial charge in [0.2, 0.25) is 0 Å². The number of hydrogen-bond donors (Lipinski definition) is 1. The number of aromatic hydroxyl groups is 1. The van der Waals surface area contributed by atoms with Crippen molar-refractivity contribution in [2.45, 2.75) is 19.1 Å². The van der Waals surface area contributed by atoms with Crippen molar-refractivity contribution in [3.8, 4) is 5.75 Å². The first-order valence-electron chi connectivity index (χ1n) is 5.29. The van der Waals surface area contributed by atoms with Gasteiger partial charge in [-0.2, -0.15) is 0 Å². The number of nitro groups is 1. The van der Waals surface area contributed by atoms with Crippen molar-refractivity contribution in [3.05, 3.63) is 33.9 Å². The minimum absolute atomic E-state index is 0.346. The Bertz CT molecular complexity index is 439. The fourth-order valence-corrected chi connectivity index (χ4v) is 1.75. The Hall–Kier alpha value is -1.66. The van der Waals surface area contributed by atoms with Gasteiger partial charge in [0.1, 0.15) is 0 Å². The Morgan fingerprint density at radius 2 is 2.06 bits per heavy atom. The van der Waals surface area contributed by atoms with Gasteiger partial charge in [0.15, 0.2) is 11.5 Å². The maximum Gasteiger partial charge on any atom is 0.311 e. The van der Waals surface area contributed by atoms with E-state index < -0.39 is 10.7 Å². The minimum Gasteiger partial charge on any atom is -0.502 e. The Labute approximate surface area is 97.9 Å². The summed E-state index contributed by atoms with van der Waals surface area (Å²) in [5.74, 6) is -1.34. The maximum atomic E-state index is 10.7. The SMILES string of the molecule is CC1(c2ccc(O)c([N+](=O)[O-])c2)OCCCO1. The molecule has 0 radical (unpaired) electrons. The molecule has 1 aliphatic rings. The summed E-state index contributed by atoms with van der Waals surface area (Å²) < 4.78 is 11.0. The van der Waals surface area contributed by atoms with Crippen molar-refractivity contribution in [2.75, 3.05) is 13.2 Å². The van der Waals surface area contributed by atoms with Crippen molar-refractivity contribution < 1.29 is 19.5 Å². The lowest BCUT2D eigenvalue weighted by molar-refractivity contribution is -0.386. The molecule has 6 heteroatoms. The second-order valence-corrected chi connectivity index (χ2v) is 3.96. The third kappa shape index (κ3) is 2.22. The smallest absolute Gasteiger partial charge is 0.311 e. The molecule has 17 heavy (non-hydrogen) atoms. The monoisotopic (exact) mass is 239 g/mol. The fourth-order valence-electron chi connectivity index (χ4n) is 1.75. The van der Waals surface area contributed by atoms with E-state index in [9.17, 15) is 15.2 Å². The van der Waals surface area contributed by atoms with Gasteiger partial charge in [-0.25, -0.2) is 0 Å². The largest absolute Gasteiger partial charge is 0.502 e. The van der Waals surface area contributed by atoms with E-state index in [1.54, 1.807) is 13.0 Å². The first kappa shape index (κ1) is 11.8. The zero-order valence-corrected chi connectivity index (χ0v) is 9.38. The average molecular weight is 239 g/mol. The lowest BCUT2D eigenvalue weighted by Crippen LogP contribution is -2.34. The fraction of sp³-hybridized carbons (Fsp3) is 0.455. The molecule has 1 aliphatic heterocycles. The summed E-state index contributed by atoms with van der Waals surface area (Å²) in [5, 5.41) is 20.1. The molecule has 0 bridgehead atoms. The molecule has 6 nitrogen and oxygen atoms in total. The van der Waals surface area contributed by atoms with Crippen molar-refractivity contribution in [3.63, 3.8) is 0 Å². The first-order chi connectivity index (χ1) is 8.03. The number of benzene rings is 1. The zero-order valence-electron chi connectivity index (χ0n) is 9.38. The number of phenols is 1. The van der Waals surface area contributed by atoms with E-state index in [2.05, 4.69) is 0 Å². The van der Waals surface area contributed by atoms with Gasteiger partial charge >= 0.3 is 5.69 Å². The maximum absolute atomic E-state index is 10.7. The summed E-state index contributed by atoms with van der Waals surface area (Å²) in [6.45, 7) is 2.80. The number of nitrogens with zero attached hydrogens (tertiary/aromatic N) is 1. The second-order valence-electron chi connectivity index (χ2n) is 3.96. The van der Waals surface area contributed by atoms with Gasteiger partial charge in [-0.15, -0.1) is 0 Å². The molecule has 1 fully saturated rings. The highest BCUT2D eigenvalue weighted by Crippen LogP contribution is 2.35. The van der Waals surface area contributed by atoms with Crippen LogP contribution in [0.1, 0.15) is 18.9 Å². The predicted molar refractivity (Wildman–Crippen MR) is 58.6 cm³/mol. The van der Waals surface area contributed by atoms with Crippen LogP contribution in [0, 0.1) is 10.1 Å². The Balaban J connectivity index is 2.38. The molecule has 0 atom stereocenters. The highest BCUT2D eigenvalue weighted by Gasteiger charge is 2.33. The molecule has 0 saturated carbocycles. The number of nitro benzene ring substituents is 1. The molecule has 0 aromatic heterocycles. The van der Waals surface area contributed by atoms with Crippen molar-refractivity contribution in [1.29, 1.82) is 0 Å². The van der Waals surface area contributed by atoms with Crippen LogP contribution >= 0.6 is 0 Å². The van der Waals surface area contributed by atoms with Gasteiger partial charge in [0.25, 0.3) is 0 Å². The van der Waals surface area contributed by atoms with Gasteiger partial charge in [-0.05, 0) is 25.5 Å². The molecule has 0 spiro atoms. The third-order valence-electron chi connectivity index (χ3n) is 2.74. The molecule has 1 aromatic carbocycles. The van der Waals surface area contributed by atoms with Crippen LogP contribution in [0.5, 0.6) is 5.75 Å². The number of ether oxygens (including phenoxy) is 2. The summed E-state index contributed by atoms with van der Waals surface area (Å²) in [4.78, 5) is 10.1. The number of hydrogen-bond acceptors (Lipinski definition) is 5. The van der Waals surface area contributed by atoms with Crippen LogP contribution in [0.2, 0.25) is 0 Å². The molecule has 2 rings (SSSR count). The van der Waals surface area contributed by atoms with Crippen LogP contribution in [0.3, 0.4) is 0 Å². The summed E-state index contributed by atoms with van der Waals surface area (Å²) in [6.07, 6.45) is 0.801. The zero-order chi connectivity index (χ0) is 12.5. The van der Waals surface area contributed by atoms with Gasteiger partial charge in [-0.3, -0.25) is 10.1 Å². The lowest BCUT2D eigenvalue weighted by atomic mass is 10.1. The van der Waals surface area contributed by atoms with E-state index in [0.29, 0.717) is 18.8 Å². The molecular formula is C11H13NO5. The number of phenolic OH excluding ortho intramolecular Hbond substituents is 1. The normalized spacial score (nSPS) is 18.9. The summed E-state index contributed by atoms with van der Waals surface area (Å²) in [6, 6.07) is 4.12. The molecule has 1 saturated heterocycles.